The van der Waals surface area contributed by atoms with Gasteiger partial charge in [-0.25, -0.2) is 0 Å². The third-order valence-corrected chi connectivity index (χ3v) is 3.75. The Morgan fingerprint density at radius 3 is 2.57 bits per heavy atom. The zero-order valence-corrected chi connectivity index (χ0v) is 8.66. The molecule has 1 saturated heterocycles. The van der Waals surface area contributed by atoms with Crippen molar-refractivity contribution in [3.63, 3.8) is 0 Å². The van der Waals surface area contributed by atoms with Crippen LogP contribution in [0.4, 0.5) is 0 Å². The van der Waals surface area contributed by atoms with Gasteiger partial charge in [-0.15, -0.1) is 0 Å². The molecule has 1 nitrogen and oxygen atoms in total. The zero-order valence-electron chi connectivity index (χ0n) is 8.66. The lowest BCUT2D eigenvalue weighted by Gasteiger charge is -2.13. The van der Waals surface area contributed by atoms with Crippen LogP contribution >= 0.6 is 0 Å². The van der Waals surface area contributed by atoms with Gasteiger partial charge >= 0.3 is 0 Å². The summed E-state index contributed by atoms with van der Waals surface area (Å²) in [6.07, 6.45) is 2.59. The Balaban J connectivity index is 1.82. The van der Waals surface area contributed by atoms with E-state index in [-0.39, 0.29) is 0 Å². The molecule has 0 radical (unpaired) electrons. The van der Waals surface area contributed by atoms with E-state index in [1.165, 1.54) is 24.1 Å². The summed E-state index contributed by atoms with van der Waals surface area (Å²) in [6.45, 7) is 3.45. The molecule has 14 heavy (non-hydrogen) atoms. The Bertz CT molecular complexity index is 328. The molecule has 2 fully saturated rings. The molecule has 1 aromatic carbocycles. The molecule has 3 rings (SSSR count). The summed E-state index contributed by atoms with van der Waals surface area (Å²) in [4.78, 5) is 0. The number of nitrogens with one attached hydrogen (secondary N) is 1. The molecule has 0 bridgehead atoms. The van der Waals surface area contributed by atoms with Crippen molar-refractivity contribution < 1.29 is 0 Å². The van der Waals surface area contributed by atoms with Gasteiger partial charge < -0.3 is 5.32 Å². The van der Waals surface area contributed by atoms with Crippen LogP contribution in [-0.2, 0) is 6.42 Å². The second-order valence-corrected chi connectivity index (χ2v) is 4.64. The molecule has 74 valence electrons. The van der Waals surface area contributed by atoms with Gasteiger partial charge in [-0.05, 0) is 42.3 Å². The van der Waals surface area contributed by atoms with Crippen molar-refractivity contribution in [3.05, 3.63) is 35.4 Å². The van der Waals surface area contributed by atoms with E-state index in [0.717, 1.165) is 18.3 Å². The predicted octanol–water partition coefficient (Wildman–Crippen LogP) is 2.53. The SMILES string of the molecule is CCc1ccc(C2NCC3CC32)cc1. The van der Waals surface area contributed by atoms with Crippen LogP contribution in [0.15, 0.2) is 24.3 Å². The molecule has 3 unspecified atom stereocenters. The fourth-order valence-corrected chi connectivity index (χ4v) is 2.67. The molecular formula is C13H17N. The molecule has 1 aliphatic heterocycles. The monoisotopic (exact) mass is 187 g/mol. The maximum atomic E-state index is 3.61. The quantitative estimate of drug-likeness (QED) is 0.750. The van der Waals surface area contributed by atoms with Gasteiger partial charge in [0.1, 0.15) is 0 Å². The van der Waals surface area contributed by atoms with E-state index in [4.69, 9.17) is 0 Å². The van der Waals surface area contributed by atoms with E-state index in [1.807, 2.05) is 0 Å². The molecule has 0 spiro atoms. The number of rotatable bonds is 2. The van der Waals surface area contributed by atoms with Gasteiger partial charge in [-0.2, -0.15) is 0 Å². The highest BCUT2D eigenvalue weighted by atomic mass is 15.0. The van der Waals surface area contributed by atoms with Gasteiger partial charge in [0, 0.05) is 6.04 Å². The van der Waals surface area contributed by atoms with Crippen LogP contribution in [0, 0.1) is 11.8 Å². The van der Waals surface area contributed by atoms with Crippen molar-refractivity contribution in [2.75, 3.05) is 6.54 Å². The smallest absolute Gasteiger partial charge is 0.0352 e. The molecule has 3 atom stereocenters. The van der Waals surface area contributed by atoms with Crippen LogP contribution in [0.5, 0.6) is 0 Å². The summed E-state index contributed by atoms with van der Waals surface area (Å²) in [5.74, 6) is 1.94. The van der Waals surface area contributed by atoms with E-state index < -0.39 is 0 Å². The summed E-state index contributed by atoms with van der Waals surface area (Å²) in [7, 11) is 0. The number of benzene rings is 1. The lowest BCUT2D eigenvalue weighted by atomic mass is 10.0. The van der Waals surface area contributed by atoms with E-state index in [0.29, 0.717) is 6.04 Å². The van der Waals surface area contributed by atoms with Crippen molar-refractivity contribution in [1.82, 2.24) is 5.32 Å². The largest absolute Gasteiger partial charge is 0.309 e. The van der Waals surface area contributed by atoms with Gasteiger partial charge in [0.15, 0.2) is 0 Å². The molecule has 0 amide bonds. The maximum absolute atomic E-state index is 3.61. The summed E-state index contributed by atoms with van der Waals surface area (Å²) in [5.41, 5.74) is 2.94. The van der Waals surface area contributed by atoms with Crippen LogP contribution < -0.4 is 5.32 Å². The normalized spacial score (nSPS) is 34.2. The molecule has 1 heteroatoms. The van der Waals surface area contributed by atoms with Crippen molar-refractivity contribution in [2.24, 2.45) is 11.8 Å². The van der Waals surface area contributed by atoms with Crippen LogP contribution in [0.1, 0.15) is 30.5 Å². The van der Waals surface area contributed by atoms with Crippen molar-refractivity contribution >= 4 is 0 Å². The number of piperidine rings is 1. The van der Waals surface area contributed by atoms with Gasteiger partial charge in [-0.3, -0.25) is 0 Å². The van der Waals surface area contributed by atoms with Gasteiger partial charge in [0.25, 0.3) is 0 Å². The van der Waals surface area contributed by atoms with Crippen molar-refractivity contribution in [2.45, 2.75) is 25.8 Å². The first-order valence-electron chi connectivity index (χ1n) is 5.70. The Hall–Kier alpha value is -0.820. The minimum Gasteiger partial charge on any atom is -0.309 e. The molecule has 0 aromatic heterocycles. The van der Waals surface area contributed by atoms with Crippen LogP contribution in [0.2, 0.25) is 0 Å². The summed E-state index contributed by atoms with van der Waals surface area (Å²) in [5, 5.41) is 3.61. The van der Waals surface area contributed by atoms with Crippen LogP contribution in [0.3, 0.4) is 0 Å². The molecule has 1 aliphatic carbocycles. The fraction of sp³-hybridized carbons (Fsp3) is 0.538. The third-order valence-electron chi connectivity index (χ3n) is 3.75. The highest BCUT2D eigenvalue weighted by Gasteiger charge is 2.48. The van der Waals surface area contributed by atoms with Crippen molar-refractivity contribution in [3.8, 4) is 0 Å². The Labute approximate surface area is 85.5 Å². The maximum Gasteiger partial charge on any atom is 0.0352 e. The number of fused-ring (bicyclic) bond motifs is 1. The molecule has 1 N–H and O–H groups in total. The summed E-state index contributed by atoms with van der Waals surface area (Å²) < 4.78 is 0. The second-order valence-electron chi connectivity index (χ2n) is 4.64. The van der Waals surface area contributed by atoms with E-state index in [9.17, 15) is 0 Å². The minimum absolute atomic E-state index is 0.658. The first-order chi connectivity index (χ1) is 6.88. The molecule has 1 aromatic rings. The zero-order chi connectivity index (χ0) is 9.54. The lowest BCUT2D eigenvalue weighted by Crippen LogP contribution is -2.17. The molecule has 1 saturated carbocycles. The molecule has 2 aliphatic rings. The van der Waals surface area contributed by atoms with Gasteiger partial charge in [-0.1, -0.05) is 31.2 Å². The molecular weight excluding hydrogens is 170 g/mol. The van der Waals surface area contributed by atoms with E-state index >= 15 is 0 Å². The van der Waals surface area contributed by atoms with Crippen LogP contribution in [0.25, 0.3) is 0 Å². The first-order valence-corrected chi connectivity index (χ1v) is 5.70. The Morgan fingerprint density at radius 2 is 2.07 bits per heavy atom. The summed E-state index contributed by atoms with van der Waals surface area (Å²) in [6, 6.07) is 9.80. The Kier molecular flexibility index (Phi) is 1.88. The summed E-state index contributed by atoms with van der Waals surface area (Å²) >= 11 is 0. The minimum atomic E-state index is 0.658. The van der Waals surface area contributed by atoms with Gasteiger partial charge in [0.2, 0.25) is 0 Å². The number of hydrogen-bond donors (Lipinski definition) is 1. The molecule has 1 heterocycles. The third kappa shape index (κ3) is 1.27. The number of hydrogen-bond acceptors (Lipinski definition) is 1. The highest BCUT2D eigenvalue weighted by Crippen LogP contribution is 2.51. The average Bonchev–Trinajstić information content (AvgIpc) is 2.91. The predicted molar refractivity (Wildman–Crippen MR) is 58.2 cm³/mol. The first kappa shape index (κ1) is 8.49. The standard InChI is InChI=1S/C13H17N/c1-2-9-3-5-10(6-4-9)13-12-7-11(12)8-14-13/h3-6,11-14H,2,7-8H2,1H3. The van der Waals surface area contributed by atoms with Crippen molar-refractivity contribution in [1.29, 1.82) is 0 Å². The fourth-order valence-electron chi connectivity index (χ4n) is 2.67. The topological polar surface area (TPSA) is 12.0 Å². The Morgan fingerprint density at radius 1 is 1.29 bits per heavy atom. The van der Waals surface area contributed by atoms with Gasteiger partial charge in [0.05, 0.1) is 0 Å². The average molecular weight is 187 g/mol. The number of aryl methyl sites for hydroxylation is 1. The lowest BCUT2D eigenvalue weighted by molar-refractivity contribution is 0.563. The van der Waals surface area contributed by atoms with E-state index in [2.05, 4.69) is 36.5 Å². The highest BCUT2D eigenvalue weighted by molar-refractivity contribution is 5.28. The van der Waals surface area contributed by atoms with Crippen LogP contribution in [-0.4, -0.2) is 6.54 Å². The van der Waals surface area contributed by atoms with E-state index in [1.54, 1.807) is 0 Å². The second kappa shape index (κ2) is 3.09.